The number of hydrogen-bond acceptors (Lipinski definition) is 6. The molecule has 2 rings (SSSR count). The van der Waals surface area contributed by atoms with E-state index < -0.39 is 6.16 Å². The Morgan fingerprint density at radius 2 is 2.29 bits per heavy atom. The lowest BCUT2D eigenvalue weighted by Gasteiger charge is -2.20. The standard InChI is InChI=1S/C15H24N2O3S/c1-3-5-6-10-16-14-17-13-11(20-15(18)19-4-2)8-7-9-12(13)21-14/h11H,3-10H2,1-2H3,(H,16,17). The fourth-order valence-corrected chi connectivity index (χ4v) is 3.49. The Balaban J connectivity index is 1.95. The quantitative estimate of drug-likeness (QED) is 0.601. The van der Waals surface area contributed by atoms with Crippen molar-refractivity contribution in [2.75, 3.05) is 18.5 Å². The molecular formula is C15H24N2O3S. The molecule has 0 fully saturated rings. The summed E-state index contributed by atoms with van der Waals surface area (Å²) in [7, 11) is 0. The van der Waals surface area contributed by atoms with Crippen LogP contribution in [0.5, 0.6) is 0 Å². The first-order valence-corrected chi connectivity index (χ1v) is 8.63. The summed E-state index contributed by atoms with van der Waals surface area (Å²) in [6.45, 7) is 5.25. The predicted octanol–water partition coefficient (Wildman–Crippen LogP) is 4.30. The highest BCUT2D eigenvalue weighted by Gasteiger charge is 2.28. The third-order valence-electron chi connectivity index (χ3n) is 3.46. The third-order valence-corrected chi connectivity index (χ3v) is 4.55. The number of nitrogens with zero attached hydrogens (tertiary/aromatic N) is 1. The van der Waals surface area contributed by atoms with E-state index in [0.717, 1.165) is 43.1 Å². The molecule has 0 saturated heterocycles. The zero-order valence-corrected chi connectivity index (χ0v) is 13.6. The summed E-state index contributed by atoms with van der Waals surface area (Å²) in [5, 5.41) is 4.31. The number of nitrogens with one attached hydrogen (secondary N) is 1. The summed E-state index contributed by atoms with van der Waals surface area (Å²) in [5.41, 5.74) is 0.914. The average Bonchev–Trinajstić information content (AvgIpc) is 2.88. The number of anilines is 1. The summed E-state index contributed by atoms with van der Waals surface area (Å²) < 4.78 is 10.2. The second kappa shape index (κ2) is 8.22. The van der Waals surface area contributed by atoms with E-state index in [9.17, 15) is 4.79 Å². The summed E-state index contributed by atoms with van der Waals surface area (Å²) in [5.74, 6) is 0. The highest BCUT2D eigenvalue weighted by atomic mass is 32.1. The molecule has 118 valence electrons. The van der Waals surface area contributed by atoms with Gasteiger partial charge < -0.3 is 14.8 Å². The topological polar surface area (TPSA) is 60.5 Å². The van der Waals surface area contributed by atoms with Crippen molar-refractivity contribution in [1.29, 1.82) is 0 Å². The summed E-state index contributed by atoms with van der Waals surface area (Å²) in [4.78, 5) is 17.3. The number of thiazole rings is 1. The molecule has 0 spiro atoms. The molecule has 0 amide bonds. The van der Waals surface area contributed by atoms with Crippen molar-refractivity contribution in [1.82, 2.24) is 4.98 Å². The van der Waals surface area contributed by atoms with Gasteiger partial charge in [-0.15, -0.1) is 11.3 Å². The van der Waals surface area contributed by atoms with Crippen LogP contribution in [0.1, 0.15) is 62.6 Å². The van der Waals surface area contributed by atoms with Crippen molar-refractivity contribution < 1.29 is 14.3 Å². The van der Waals surface area contributed by atoms with E-state index in [4.69, 9.17) is 9.47 Å². The molecular weight excluding hydrogens is 288 g/mol. The van der Waals surface area contributed by atoms with Crippen molar-refractivity contribution in [3.8, 4) is 0 Å². The number of fused-ring (bicyclic) bond motifs is 1. The summed E-state index contributed by atoms with van der Waals surface area (Å²) in [6, 6.07) is 0. The molecule has 0 saturated carbocycles. The second-order valence-electron chi connectivity index (χ2n) is 5.14. The lowest BCUT2D eigenvalue weighted by molar-refractivity contribution is 0.0187. The first kappa shape index (κ1) is 16.1. The molecule has 0 aliphatic heterocycles. The SMILES string of the molecule is CCCCCNc1nc2c(s1)CCCC2OC(=O)OCC. The number of carbonyl (C=O) groups excluding carboxylic acids is 1. The number of ether oxygens (including phenoxy) is 2. The normalized spacial score (nSPS) is 17.1. The van der Waals surface area contributed by atoms with Gasteiger partial charge in [0, 0.05) is 11.4 Å². The van der Waals surface area contributed by atoms with Crippen LogP contribution in [0.4, 0.5) is 9.93 Å². The molecule has 6 heteroatoms. The van der Waals surface area contributed by atoms with Crippen LogP contribution in [0.2, 0.25) is 0 Å². The molecule has 0 radical (unpaired) electrons. The molecule has 0 bridgehead atoms. The van der Waals surface area contributed by atoms with Crippen LogP contribution >= 0.6 is 11.3 Å². The van der Waals surface area contributed by atoms with Crippen molar-refractivity contribution in [2.45, 2.75) is 58.5 Å². The van der Waals surface area contributed by atoms with E-state index >= 15 is 0 Å². The van der Waals surface area contributed by atoms with Gasteiger partial charge in [0.1, 0.15) is 6.10 Å². The molecule has 1 atom stereocenters. The lowest BCUT2D eigenvalue weighted by atomic mass is 10.0. The van der Waals surface area contributed by atoms with Gasteiger partial charge in [0.15, 0.2) is 5.13 Å². The van der Waals surface area contributed by atoms with Gasteiger partial charge in [-0.2, -0.15) is 0 Å². The highest BCUT2D eigenvalue weighted by Crippen LogP contribution is 2.37. The summed E-state index contributed by atoms with van der Waals surface area (Å²) >= 11 is 1.68. The number of unbranched alkanes of at least 4 members (excludes halogenated alkanes) is 2. The maximum absolute atomic E-state index is 11.5. The van der Waals surface area contributed by atoms with Gasteiger partial charge in [-0.25, -0.2) is 9.78 Å². The molecule has 1 aromatic rings. The van der Waals surface area contributed by atoms with Crippen molar-refractivity contribution in [3.05, 3.63) is 10.6 Å². The molecule has 21 heavy (non-hydrogen) atoms. The highest BCUT2D eigenvalue weighted by molar-refractivity contribution is 7.15. The molecule has 1 aliphatic rings. The lowest BCUT2D eigenvalue weighted by Crippen LogP contribution is -2.17. The Labute approximate surface area is 130 Å². The number of rotatable bonds is 7. The smallest absolute Gasteiger partial charge is 0.435 e. The molecule has 5 nitrogen and oxygen atoms in total. The Hall–Kier alpha value is -1.30. The minimum absolute atomic E-state index is 0.254. The second-order valence-corrected chi connectivity index (χ2v) is 6.23. The Morgan fingerprint density at radius 1 is 1.43 bits per heavy atom. The van der Waals surface area contributed by atoms with Crippen LogP contribution in [-0.4, -0.2) is 24.3 Å². The van der Waals surface area contributed by atoms with Gasteiger partial charge >= 0.3 is 6.16 Å². The van der Waals surface area contributed by atoms with Crippen LogP contribution in [0, 0.1) is 0 Å². The first-order chi connectivity index (χ1) is 10.2. The van der Waals surface area contributed by atoms with E-state index in [-0.39, 0.29) is 6.10 Å². The summed E-state index contributed by atoms with van der Waals surface area (Å²) in [6.07, 6.45) is 5.61. The number of aromatic nitrogens is 1. The molecule has 1 aromatic heterocycles. The van der Waals surface area contributed by atoms with Crippen LogP contribution in [0.15, 0.2) is 0 Å². The number of aryl methyl sites for hydroxylation is 1. The Kier molecular flexibility index (Phi) is 6.29. The van der Waals surface area contributed by atoms with Gasteiger partial charge in [-0.1, -0.05) is 19.8 Å². The largest absolute Gasteiger partial charge is 0.508 e. The number of hydrogen-bond donors (Lipinski definition) is 1. The molecule has 1 N–H and O–H groups in total. The maximum atomic E-state index is 11.5. The van der Waals surface area contributed by atoms with Crippen LogP contribution in [-0.2, 0) is 15.9 Å². The van der Waals surface area contributed by atoms with Gasteiger partial charge in [-0.05, 0) is 32.6 Å². The molecule has 0 aromatic carbocycles. The Morgan fingerprint density at radius 3 is 3.05 bits per heavy atom. The van der Waals surface area contributed by atoms with Crippen molar-refractivity contribution in [3.63, 3.8) is 0 Å². The van der Waals surface area contributed by atoms with E-state index in [1.807, 2.05) is 0 Å². The Bertz CT molecular complexity index is 462. The van der Waals surface area contributed by atoms with Crippen molar-refractivity contribution in [2.24, 2.45) is 0 Å². The van der Waals surface area contributed by atoms with E-state index in [2.05, 4.69) is 17.2 Å². The van der Waals surface area contributed by atoms with Gasteiger partial charge in [0.05, 0.1) is 12.3 Å². The zero-order chi connectivity index (χ0) is 15.1. The predicted molar refractivity (Wildman–Crippen MR) is 83.9 cm³/mol. The fourth-order valence-electron chi connectivity index (χ4n) is 2.41. The molecule has 1 heterocycles. The number of carbonyl (C=O) groups is 1. The average molecular weight is 312 g/mol. The van der Waals surface area contributed by atoms with Crippen LogP contribution in [0.25, 0.3) is 0 Å². The minimum atomic E-state index is -0.596. The molecule has 1 unspecified atom stereocenters. The van der Waals surface area contributed by atoms with Crippen LogP contribution < -0.4 is 5.32 Å². The molecule has 1 aliphatic carbocycles. The first-order valence-electron chi connectivity index (χ1n) is 7.81. The minimum Gasteiger partial charge on any atom is -0.435 e. The van der Waals surface area contributed by atoms with Gasteiger partial charge in [0.25, 0.3) is 0 Å². The third kappa shape index (κ3) is 4.59. The fraction of sp³-hybridized carbons (Fsp3) is 0.733. The van der Waals surface area contributed by atoms with E-state index in [1.54, 1.807) is 18.3 Å². The monoisotopic (exact) mass is 312 g/mol. The maximum Gasteiger partial charge on any atom is 0.508 e. The zero-order valence-electron chi connectivity index (χ0n) is 12.8. The van der Waals surface area contributed by atoms with E-state index in [1.165, 1.54) is 17.7 Å². The van der Waals surface area contributed by atoms with Gasteiger partial charge in [0.2, 0.25) is 0 Å². The van der Waals surface area contributed by atoms with E-state index in [0.29, 0.717) is 6.61 Å². The van der Waals surface area contributed by atoms with Gasteiger partial charge in [-0.3, -0.25) is 0 Å². The van der Waals surface area contributed by atoms with Crippen LogP contribution in [0.3, 0.4) is 0 Å². The van der Waals surface area contributed by atoms with Crippen molar-refractivity contribution >= 4 is 22.6 Å².